The Morgan fingerprint density at radius 3 is 2.69 bits per heavy atom. The number of rotatable bonds is 4. The van der Waals surface area contributed by atoms with Gasteiger partial charge in [0.2, 0.25) is 0 Å². The van der Waals surface area contributed by atoms with Crippen LogP contribution in [0, 0.1) is 6.92 Å². The van der Waals surface area contributed by atoms with Gasteiger partial charge in [-0.15, -0.1) is 0 Å². The van der Waals surface area contributed by atoms with Crippen molar-refractivity contribution in [2.24, 2.45) is 0 Å². The third-order valence-corrected chi connectivity index (χ3v) is 2.57. The molecule has 0 saturated heterocycles. The van der Waals surface area contributed by atoms with Crippen LogP contribution in [0.5, 0.6) is 0 Å². The molecule has 86 valence electrons. The van der Waals surface area contributed by atoms with Crippen LogP contribution >= 0.6 is 0 Å². The number of carboxylic acid groups (broad SMARTS) is 1. The SMILES string of the molecule is CCN(C)c1ccc(C=CC(=O)O)c(C)c1. The van der Waals surface area contributed by atoms with E-state index in [1.165, 1.54) is 0 Å². The van der Waals surface area contributed by atoms with Gasteiger partial charge in [0, 0.05) is 25.4 Å². The Morgan fingerprint density at radius 1 is 1.50 bits per heavy atom. The summed E-state index contributed by atoms with van der Waals surface area (Å²) < 4.78 is 0. The van der Waals surface area contributed by atoms with Gasteiger partial charge in [-0.3, -0.25) is 0 Å². The van der Waals surface area contributed by atoms with Gasteiger partial charge >= 0.3 is 5.97 Å². The van der Waals surface area contributed by atoms with E-state index in [1.54, 1.807) is 6.08 Å². The third kappa shape index (κ3) is 3.12. The van der Waals surface area contributed by atoms with Gasteiger partial charge in [-0.1, -0.05) is 6.07 Å². The van der Waals surface area contributed by atoms with E-state index in [-0.39, 0.29) is 0 Å². The first kappa shape index (κ1) is 12.3. The minimum Gasteiger partial charge on any atom is -0.478 e. The molecular formula is C13H17NO2. The molecule has 1 aromatic carbocycles. The van der Waals surface area contributed by atoms with Gasteiger partial charge < -0.3 is 10.0 Å². The van der Waals surface area contributed by atoms with E-state index in [9.17, 15) is 4.79 Å². The number of hydrogen-bond donors (Lipinski definition) is 1. The van der Waals surface area contributed by atoms with Crippen molar-refractivity contribution in [1.82, 2.24) is 0 Å². The molecule has 0 aliphatic rings. The fraction of sp³-hybridized carbons (Fsp3) is 0.308. The lowest BCUT2D eigenvalue weighted by atomic mass is 10.1. The van der Waals surface area contributed by atoms with Crippen molar-refractivity contribution < 1.29 is 9.90 Å². The summed E-state index contributed by atoms with van der Waals surface area (Å²) in [5.74, 6) is -0.922. The number of aryl methyl sites for hydroxylation is 1. The maximum absolute atomic E-state index is 10.4. The molecule has 0 radical (unpaired) electrons. The lowest BCUT2D eigenvalue weighted by Crippen LogP contribution is -2.15. The summed E-state index contributed by atoms with van der Waals surface area (Å²) in [4.78, 5) is 12.5. The lowest BCUT2D eigenvalue weighted by Gasteiger charge is -2.17. The second-order valence-electron chi connectivity index (χ2n) is 3.73. The number of nitrogens with zero attached hydrogens (tertiary/aromatic N) is 1. The van der Waals surface area contributed by atoms with E-state index in [1.807, 2.05) is 26.1 Å². The summed E-state index contributed by atoms with van der Waals surface area (Å²) in [6.45, 7) is 5.02. The molecule has 1 N–H and O–H groups in total. The van der Waals surface area contributed by atoms with Crippen LogP contribution in [-0.2, 0) is 4.79 Å². The summed E-state index contributed by atoms with van der Waals surface area (Å²) in [5, 5.41) is 8.55. The Kier molecular flexibility index (Phi) is 4.11. The van der Waals surface area contributed by atoms with E-state index < -0.39 is 5.97 Å². The lowest BCUT2D eigenvalue weighted by molar-refractivity contribution is -0.131. The van der Waals surface area contributed by atoms with Crippen LogP contribution < -0.4 is 4.90 Å². The molecule has 0 aliphatic heterocycles. The van der Waals surface area contributed by atoms with Crippen LogP contribution in [0.15, 0.2) is 24.3 Å². The number of aliphatic carboxylic acids is 1. The highest BCUT2D eigenvalue weighted by molar-refractivity contribution is 5.85. The van der Waals surface area contributed by atoms with E-state index in [4.69, 9.17) is 5.11 Å². The number of carbonyl (C=O) groups is 1. The number of benzene rings is 1. The van der Waals surface area contributed by atoms with E-state index in [0.29, 0.717) is 0 Å². The molecule has 1 rings (SSSR count). The Morgan fingerprint density at radius 2 is 2.19 bits per heavy atom. The van der Waals surface area contributed by atoms with Gasteiger partial charge in [-0.05, 0) is 43.2 Å². The topological polar surface area (TPSA) is 40.5 Å². The number of anilines is 1. The van der Waals surface area contributed by atoms with Gasteiger partial charge in [-0.25, -0.2) is 4.79 Å². The highest BCUT2D eigenvalue weighted by atomic mass is 16.4. The summed E-state index contributed by atoms with van der Waals surface area (Å²) in [7, 11) is 2.03. The average Bonchev–Trinajstić information content (AvgIpc) is 2.26. The Balaban J connectivity index is 2.96. The molecular weight excluding hydrogens is 202 g/mol. The predicted octanol–water partition coefficient (Wildman–Crippen LogP) is 2.55. The zero-order valence-electron chi connectivity index (χ0n) is 9.90. The van der Waals surface area contributed by atoms with Crippen molar-refractivity contribution in [3.05, 3.63) is 35.4 Å². The van der Waals surface area contributed by atoms with Crippen LogP contribution in [0.1, 0.15) is 18.1 Å². The normalized spacial score (nSPS) is 10.7. The predicted molar refractivity (Wildman–Crippen MR) is 66.8 cm³/mol. The number of carboxylic acids is 1. The largest absolute Gasteiger partial charge is 0.478 e. The molecule has 1 aromatic rings. The highest BCUT2D eigenvalue weighted by Crippen LogP contribution is 2.19. The Bertz CT molecular complexity index is 410. The summed E-state index contributed by atoms with van der Waals surface area (Å²) in [6, 6.07) is 6.00. The fourth-order valence-electron chi connectivity index (χ4n) is 1.43. The van der Waals surface area contributed by atoms with Crippen LogP contribution in [0.4, 0.5) is 5.69 Å². The minimum absolute atomic E-state index is 0.922. The van der Waals surface area contributed by atoms with Crippen molar-refractivity contribution in [3.8, 4) is 0 Å². The first-order chi connectivity index (χ1) is 7.54. The van der Waals surface area contributed by atoms with Gasteiger partial charge in [0.25, 0.3) is 0 Å². The summed E-state index contributed by atoms with van der Waals surface area (Å²) in [5.41, 5.74) is 3.17. The van der Waals surface area contributed by atoms with E-state index >= 15 is 0 Å². The quantitative estimate of drug-likeness (QED) is 0.791. The maximum atomic E-state index is 10.4. The molecule has 0 atom stereocenters. The molecule has 0 bridgehead atoms. The second-order valence-corrected chi connectivity index (χ2v) is 3.73. The molecule has 3 nitrogen and oxygen atoms in total. The van der Waals surface area contributed by atoms with Gasteiger partial charge in [0.15, 0.2) is 0 Å². The van der Waals surface area contributed by atoms with Crippen LogP contribution in [-0.4, -0.2) is 24.7 Å². The van der Waals surface area contributed by atoms with Crippen molar-refractivity contribution >= 4 is 17.7 Å². The zero-order valence-corrected chi connectivity index (χ0v) is 9.90. The molecule has 0 amide bonds. The molecule has 0 spiro atoms. The second kappa shape index (κ2) is 5.35. The van der Waals surface area contributed by atoms with Gasteiger partial charge in [0.05, 0.1) is 0 Å². The molecule has 0 heterocycles. The van der Waals surface area contributed by atoms with Crippen molar-refractivity contribution in [2.75, 3.05) is 18.5 Å². The molecule has 0 unspecified atom stereocenters. The monoisotopic (exact) mass is 219 g/mol. The van der Waals surface area contributed by atoms with E-state index in [0.717, 1.165) is 29.4 Å². The van der Waals surface area contributed by atoms with Crippen LogP contribution in [0.25, 0.3) is 6.08 Å². The molecule has 0 aliphatic carbocycles. The van der Waals surface area contributed by atoms with Crippen LogP contribution in [0.2, 0.25) is 0 Å². The zero-order chi connectivity index (χ0) is 12.1. The maximum Gasteiger partial charge on any atom is 0.328 e. The summed E-state index contributed by atoms with van der Waals surface area (Å²) >= 11 is 0. The fourth-order valence-corrected chi connectivity index (χ4v) is 1.43. The van der Waals surface area contributed by atoms with Crippen molar-refractivity contribution in [3.63, 3.8) is 0 Å². The Labute approximate surface area is 96.0 Å². The van der Waals surface area contributed by atoms with E-state index in [2.05, 4.69) is 17.9 Å². The van der Waals surface area contributed by atoms with Crippen molar-refractivity contribution in [1.29, 1.82) is 0 Å². The van der Waals surface area contributed by atoms with Gasteiger partial charge in [-0.2, -0.15) is 0 Å². The minimum atomic E-state index is -0.922. The first-order valence-electron chi connectivity index (χ1n) is 5.27. The summed E-state index contributed by atoms with van der Waals surface area (Å²) in [6.07, 6.45) is 2.78. The van der Waals surface area contributed by atoms with Crippen molar-refractivity contribution in [2.45, 2.75) is 13.8 Å². The smallest absolute Gasteiger partial charge is 0.328 e. The van der Waals surface area contributed by atoms with Crippen LogP contribution in [0.3, 0.4) is 0 Å². The first-order valence-corrected chi connectivity index (χ1v) is 5.27. The average molecular weight is 219 g/mol. The standard InChI is InChI=1S/C13H17NO2/c1-4-14(3)12-7-5-11(10(2)9-12)6-8-13(15)16/h5-9H,4H2,1-3H3,(H,15,16). The Hall–Kier alpha value is -1.77. The third-order valence-electron chi connectivity index (χ3n) is 2.57. The highest BCUT2D eigenvalue weighted by Gasteiger charge is 2.01. The number of hydrogen-bond acceptors (Lipinski definition) is 2. The molecule has 0 saturated carbocycles. The molecule has 3 heteroatoms. The molecule has 16 heavy (non-hydrogen) atoms. The molecule has 0 aromatic heterocycles. The molecule has 0 fully saturated rings. The van der Waals surface area contributed by atoms with Gasteiger partial charge in [0.1, 0.15) is 0 Å².